The first-order valence-corrected chi connectivity index (χ1v) is 10.3. The minimum atomic E-state index is -0.251. The van der Waals surface area contributed by atoms with Crippen LogP contribution in [0.2, 0.25) is 0 Å². The summed E-state index contributed by atoms with van der Waals surface area (Å²) in [5, 5.41) is 10.4. The van der Waals surface area contributed by atoms with E-state index in [0.717, 1.165) is 35.2 Å². The molecule has 0 unspecified atom stereocenters. The van der Waals surface area contributed by atoms with Gasteiger partial charge in [0.2, 0.25) is 11.9 Å². The van der Waals surface area contributed by atoms with Crippen molar-refractivity contribution in [1.29, 1.82) is 0 Å². The Kier molecular flexibility index (Phi) is 4.86. The molecule has 156 valence electrons. The van der Waals surface area contributed by atoms with E-state index in [2.05, 4.69) is 20.7 Å². The Hall–Kier alpha value is -3.74. The van der Waals surface area contributed by atoms with Crippen molar-refractivity contribution < 1.29 is 9.18 Å². The van der Waals surface area contributed by atoms with Crippen LogP contribution in [0, 0.1) is 18.7 Å². The Morgan fingerprint density at radius 1 is 1.13 bits per heavy atom. The van der Waals surface area contributed by atoms with E-state index in [0.29, 0.717) is 23.8 Å². The molecule has 2 N–H and O–H groups in total. The van der Waals surface area contributed by atoms with Gasteiger partial charge in [0.25, 0.3) is 0 Å². The minimum Gasteiger partial charge on any atom is -0.379 e. The van der Waals surface area contributed by atoms with Crippen LogP contribution in [0.1, 0.15) is 24.0 Å². The lowest BCUT2D eigenvalue weighted by molar-refractivity contribution is -0.117. The second-order valence-electron chi connectivity index (χ2n) is 7.91. The van der Waals surface area contributed by atoms with Crippen LogP contribution in [-0.2, 0) is 11.3 Å². The van der Waals surface area contributed by atoms with Crippen molar-refractivity contribution in [3.8, 4) is 11.3 Å². The number of anilines is 2. The predicted octanol–water partition coefficient (Wildman–Crippen LogP) is 4.80. The van der Waals surface area contributed by atoms with Gasteiger partial charge in [0.1, 0.15) is 5.82 Å². The summed E-state index contributed by atoms with van der Waals surface area (Å²) in [7, 11) is 0. The van der Waals surface area contributed by atoms with Gasteiger partial charge >= 0.3 is 0 Å². The largest absolute Gasteiger partial charge is 0.379 e. The molecule has 2 aromatic carbocycles. The number of pyridine rings is 1. The van der Waals surface area contributed by atoms with Gasteiger partial charge in [-0.25, -0.2) is 8.91 Å². The molecule has 0 saturated heterocycles. The second-order valence-corrected chi connectivity index (χ2v) is 7.91. The molecule has 1 aliphatic carbocycles. The van der Waals surface area contributed by atoms with E-state index in [4.69, 9.17) is 0 Å². The van der Waals surface area contributed by atoms with Gasteiger partial charge in [-0.15, -0.1) is 5.10 Å². The molecule has 1 aliphatic rings. The van der Waals surface area contributed by atoms with Gasteiger partial charge in [-0.3, -0.25) is 10.1 Å². The van der Waals surface area contributed by atoms with E-state index in [1.807, 2.05) is 55.5 Å². The van der Waals surface area contributed by atoms with E-state index in [9.17, 15) is 9.18 Å². The predicted molar refractivity (Wildman–Crippen MR) is 118 cm³/mol. The van der Waals surface area contributed by atoms with Crippen LogP contribution in [-0.4, -0.2) is 20.5 Å². The number of rotatable bonds is 6. The van der Waals surface area contributed by atoms with Gasteiger partial charge in [-0.05, 0) is 55.2 Å². The number of hydrogen-bond acceptors (Lipinski definition) is 4. The zero-order chi connectivity index (χ0) is 21.4. The van der Waals surface area contributed by atoms with E-state index in [-0.39, 0.29) is 17.6 Å². The Morgan fingerprint density at radius 2 is 1.94 bits per heavy atom. The lowest BCUT2D eigenvalue weighted by Crippen LogP contribution is -2.14. The van der Waals surface area contributed by atoms with Crippen LogP contribution in [0.5, 0.6) is 0 Å². The quantitative estimate of drug-likeness (QED) is 0.474. The monoisotopic (exact) mass is 415 g/mol. The summed E-state index contributed by atoms with van der Waals surface area (Å²) in [6.45, 7) is 2.39. The number of nitrogens with one attached hydrogen (secondary N) is 2. The summed E-state index contributed by atoms with van der Waals surface area (Å²) in [6, 6.07) is 18.9. The molecular weight excluding hydrogens is 393 g/mol. The van der Waals surface area contributed by atoms with Crippen LogP contribution in [0.4, 0.5) is 16.0 Å². The van der Waals surface area contributed by atoms with Gasteiger partial charge in [0, 0.05) is 18.0 Å². The van der Waals surface area contributed by atoms with Crippen LogP contribution in [0.3, 0.4) is 0 Å². The van der Waals surface area contributed by atoms with E-state index < -0.39 is 0 Å². The highest BCUT2D eigenvalue weighted by molar-refractivity contribution is 5.92. The Bertz CT molecular complexity index is 1260. The van der Waals surface area contributed by atoms with E-state index in [1.165, 1.54) is 6.07 Å². The van der Waals surface area contributed by atoms with Gasteiger partial charge in [-0.2, -0.15) is 4.98 Å². The van der Waals surface area contributed by atoms with Crippen molar-refractivity contribution in [3.63, 3.8) is 0 Å². The summed E-state index contributed by atoms with van der Waals surface area (Å²) in [5.74, 6) is 0.157. The molecule has 0 spiro atoms. The first kappa shape index (κ1) is 19.2. The number of halogens is 1. The minimum absolute atomic E-state index is 0.0145. The molecule has 5 rings (SSSR count). The van der Waals surface area contributed by atoms with Gasteiger partial charge in [0.15, 0.2) is 5.65 Å². The first-order valence-electron chi connectivity index (χ1n) is 10.3. The van der Waals surface area contributed by atoms with E-state index >= 15 is 0 Å². The fraction of sp³-hybridized carbons (Fsp3) is 0.208. The zero-order valence-electron chi connectivity index (χ0n) is 17.1. The van der Waals surface area contributed by atoms with Crippen LogP contribution >= 0.6 is 0 Å². The SMILES string of the molecule is Cc1ccc(NCc2ccc(-c3cccc4nc(NC(=O)C5CC5)nn34)cc2)c(F)c1. The van der Waals surface area contributed by atoms with Crippen molar-refractivity contribution in [3.05, 3.63) is 77.6 Å². The molecule has 6 nitrogen and oxygen atoms in total. The lowest BCUT2D eigenvalue weighted by Gasteiger charge is -2.09. The Balaban J connectivity index is 1.34. The Labute approximate surface area is 179 Å². The van der Waals surface area contributed by atoms with Crippen LogP contribution < -0.4 is 10.6 Å². The van der Waals surface area contributed by atoms with Crippen molar-refractivity contribution in [1.82, 2.24) is 14.6 Å². The van der Waals surface area contributed by atoms with Crippen LogP contribution in [0.15, 0.2) is 60.7 Å². The number of carbonyl (C=O) groups is 1. The molecule has 1 amide bonds. The first-order chi connectivity index (χ1) is 15.1. The normalized spacial score (nSPS) is 13.4. The molecule has 2 heterocycles. The molecule has 7 heteroatoms. The molecule has 4 aromatic rings. The topological polar surface area (TPSA) is 71.3 Å². The third-order valence-electron chi connectivity index (χ3n) is 5.40. The summed E-state index contributed by atoms with van der Waals surface area (Å²) in [4.78, 5) is 16.4. The average molecular weight is 415 g/mol. The summed E-state index contributed by atoms with van der Waals surface area (Å²) >= 11 is 0. The zero-order valence-corrected chi connectivity index (χ0v) is 17.1. The maximum absolute atomic E-state index is 14.0. The van der Waals surface area contributed by atoms with Crippen molar-refractivity contribution >= 4 is 23.2 Å². The molecule has 0 atom stereocenters. The van der Waals surface area contributed by atoms with Gasteiger partial charge < -0.3 is 5.32 Å². The molecule has 1 saturated carbocycles. The van der Waals surface area contributed by atoms with Gasteiger partial charge in [0.05, 0.1) is 11.4 Å². The Morgan fingerprint density at radius 3 is 2.68 bits per heavy atom. The van der Waals surface area contributed by atoms with Crippen molar-refractivity contribution in [2.75, 3.05) is 10.6 Å². The molecule has 0 radical (unpaired) electrons. The number of amides is 1. The molecule has 31 heavy (non-hydrogen) atoms. The van der Waals surface area contributed by atoms with E-state index in [1.54, 1.807) is 10.6 Å². The average Bonchev–Trinajstić information content (AvgIpc) is 3.53. The van der Waals surface area contributed by atoms with Gasteiger partial charge in [-0.1, -0.05) is 36.4 Å². The number of aromatic nitrogens is 3. The molecular formula is C24H22FN5O. The molecule has 1 fully saturated rings. The summed E-state index contributed by atoms with van der Waals surface area (Å²) in [6.07, 6.45) is 1.87. The molecule has 0 bridgehead atoms. The number of carbonyl (C=O) groups excluding carboxylic acids is 1. The standard InChI is InChI=1S/C24H22FN5O/c1-15-5-12-20(19(25)13-15)26-14-16-6-8-17(9-7-16)21-3-2-4-22-27-24(29-30(21)22)28-23(31)18-10-11-18/h2-9,12-13,18,26H,10-11,14H2,1H3,(H,28,29,31). The fourth-order valence-electron chi connectivity index (χ4n) is 3.49. The maximum Gasteiger partial charge on any atom is 0.249 e. The number of aryl methyl sites for hydroxylation is 1. The second kappa shape index (κ2) is 7.83. The number of benzene rings is 2. The third-order valence-corrected chi connectivity index (χ3v) is 5.40. The summed E-state index contributed by atoms with van der Waals surface area (Å²) < 4.78 is 15.7. The number of hydrogen-bond donors (Lipinski definition) is 2. The maximum atomic E-state index is 14.0. The number of fused-ring (bicyclic) bond motifs is 1. The lowest BCUT2D eigenvalue weighted by atomic mass is 10.1. The van der Waals surface area contributed by atoms with Crippen molar-refractivity contribution in [2.45, 2.75) is 26.3 Å². The summed E-state index contributed by atoms with van der Waals surface area (Å²) in [5.41, 5.74) is 4.94. The number of nitrogens with zero attached hydrogens (tertiary/aromatic N) is 3. The molecule has 2 aromatic heterocycles. The van der Waals surface area contributed by atoms with Crippen molar-refractivity contribution in [2.24, 2.45) is 5.92 Å². The third kappa shape index (κ3) is 4.12. The molecule has 0 aliphatic heterocycles. The highest BCUT2D eigenvalue weighted by Gasteiger charge is 2.30. The smallest absolute Gasteiger partial charge is 0.249 e. The fourth-order valence-corrected chi connectivity index (χ4v) is 3.49. The highest BCUT2D eigenvalue weighted by Crippen LogP contribution is 2.30. The van der Waals surface area contributed by atoms with Crippen LogP contribution in [0.25, 0.3) is 16.9 Å². The highest BCUT2D eigenvalue weighted by atomic mass is 19.1.